The molecule has 0 spiro atoms. The molecule has 0 aromatic heterocycles. The second kappa shape index (κ2) is 5.47. The molecule has 3 nitrogen and oxygen atoms in total. The van der Waals surface area contributed by atoms with Crippen molar-refractivity contribution in [3.63, 3.8) is 0 Å². The summed E-state index contributed by atoms with van der Waals surface area (Å²) in [7, 11) is 4.26. The fraction of sp³-hybridized carbons (Fsp3) is 0.571. The van der Waals surface area contributed by atoms with Crippen molar-refractivity contribution in [3.05, 3.63) is 28.8 Å². The van der Waals surface area contributed by atoms with Crippen LogP contribution in [0.5, 0.6) is 0 Å². The number of benzene rings is 1. The van der Waals surface area contributed by atoms with Gasteiger partial charge in [-0.1, -0.05) is 24.6 Å². The van der Waals surface area contributed by atoms with Crippen LogP contribution in [0.3, 0.4) is 0 Å². The third-order valence-electron chi connectivity index (χ3n) is 3.81. The monoisotopic (exact) mass is 268 g/mol. The molecule has 4 heteroatoms. The van der Waals surface area contributed by atoms with E-state index in [1.54, 1.807) is 0 Å². The first-order valence-corrected chi connectivity index (χ1v) is 6.71. The smallest absolute Gasteiger partial charge is 0.0696 e. The van der Waals surface area contributed by atoms with Crippen LogP contribution in [0.1, 0.15) is 12.5 Å². The molecule has 2 rings (SSSR count). The van der Waals surface area contributed by atoms with Gasteiger partial charge in [-0.25, -0.2) is 0 Å². The molecule has 1 fully saturated rings. The molecule has 0 radical (unpaired) electrons. The highest BCUT2D eigenvalue weighted by molar-refractivity contribution is 6.31. The lowest BCUT2D eigenvalue weighted by molar-refractivity contribution is 0.266. The van der Waals surface area contributed by atoms with Gasteiger partial charge in [0.1, 0.15) is 0 Å². The predicted molar refractivity (Wildman–Crippen MR) is 76.2 cm³/mol. The first-order valence-electron chi connectivity index (χ1n) is 6.33. The first kappa shape index (κ1) is 13.7. The summed E-state index contributed by atoms with van der Waals surface area (Å²) in [6.07, 6.45) is 0. The lowest BCUT2D eigenvalue weighted by atomic mass is 10.1. The minimum Gasteiger partial charge on any atom is -0.392 e. The molecule has 1 saturated heterocycles. The summed E-state index contributed by atoms with van der Waals surface area (Å²) >= 11 is 6.15. The van der Waals surface area contributed by atoms with E-state index < -0.39 is 0 Å². The lowest BCUT2D eigenvalue weighted by Gasteiger charge is -2.23. The zero-order valence-corrected chi connectivity index (χ0v) is 12.0. The average Bonchev–Trinajstić information content (AvgIpc) is 2.71. The van der Waals surface area contributed by atoms with Gasteiger partial charge in [0.15, 0.2) is 0 Å². The molecule has 0 aliphatic carbocycles. The van der Waals surface area contributed by atoms with Crippen LogP contribution >= 0.6 is 11.6 Å². The molecule has 1 aliphatic heterocycles. The van der Waals surface area contributed by atoms with Crippen molar-refractivity contribution in [2.75, 3.05) is 32.1 Å². The number of aliphatic hydroxyl groups excluding tert-OH is 1. The first-order chi connectivity index (χ1) is 8.52. The van der Waals surface area contributed by atoms with Crippen molar-refractivity contribution >= 4 is 17.3 Å². The fourth-order valence-corrected chi connectivity index (χ4v) is 2.93. The van der Waals surface area contributed by atoms with Gasteiger partial charge in [-0.15, -0.1) is 0 Å². The molecule has 0 saturated carbocycles. The summed E-state index contributed by atoms with van der Waals surface area (Å²) in [6, 6.07) is 6.49. The summed E-state index contributed by atoms with van der Waals surface area (Å²) in [6.45, 7) is 4.37. The number of hydrogen-bond acceptors (Lipinski definition) is 3. The molecule has 1 aromatic carbocycles. The van der Waals surface area contributed by atoms with Gasteiger partial charge in [-0.2, -0.15) is 0 Å². The molecular weight excluding hydrogens is 248 g/mol. The number of hydrogen-bond donors (Lipinski definition) is 1. The Hall–Kier alpha value is -0.770. The molecule has 1 heterocycles. The third-order valence-corrected chi connectivity index (χ3v) is 4.16. The maximum absolute atomic E-state index is 9.13. The maximum Gasteiger partial charge on any atom is 0.0696 e. The van der Waals surface area contributed by atoms with Gasteiger partial charge in [-0.3, -0.25) is 0 Å². The van der Waals surface area contributed by atoms with E-state index in [0.29, 0.717) is 17.0 Å². The summed E-state index contributed by atoms with van der Waals surface area (Å²) in [5.41, 5.74) is 1.94. The average molecular weight is 269 g/mol. The van der Waals surface area contributed by atoms with Crippen LogP contribution < -0.4 is 4.90 Å². The van der Waals surface area contributed by atoms with E-state index in [4.69, 9.17) is 16.7 Å². The Labute approximate surface area is 114 Å². The standard InChI is InChI=1S/C14H21ClN2O/c1-10-7-17(8-14(10)16(2)3)12-5-4-11(9-18)13(15)6-12/h4-6,10,14,18H,7-9H2,1-3H3. The molecule has 1 aromatic rings. The second-order valence-electron chi connectivity index (χ2n) is 5.35. The Balaban J connectivity index is 2.16. The van der Waals surface area contributed by atoms with Gasteiger partial charge >= 0.3 is 0 Å². The van der Waals surface area contributed by atoms with Crippen molar-refractivity contribution in [2.24, 2.45) is 5.92 Å². The lowest BCUT2D eigenvalue weighted by Crippen LogP contribution is -2.34. The predicted octanol–water partition coefficient (Wildman–Crippen LogP) is 2.22. The van der Waals surface area contributed by atoms with E-state index in [-0.39, 0.29) is 6.61 Å². The molecule has 0 bridgehead atoms. The van der Waals surface area contributed by atoms with Crippen LogP contribution in [0.2, 0.25) is 5.02 Å². The minimum absolute atomic E-state index is 0.00413. The van der Waals surface area contributed by atoms with Gasteiger partial charge in [0, 0.05) is 29.8 Å². The van der Waals surface area contributed by atoms with Crippen molar-refractivity contribution in [2.45, 2.75) is 19.6 Å². The number of halogens is 1. The molecule has 18 heavy (non-hydrogen) atoms. The van der Waals surface area contributed by atoms with E-state index in [1.165, 1.54) is 0 Å². The summed E-state index contributed by atoms with van der Waals surface area (Å²) in [4.78, 5) is 4.65. The quantitative estimate of drug-likeness (QED) is 0.911. The Kier molecular flexibility index (Phi) is 4.15. The zero-order valence-electron chi connectivity index (χ0n) is 11.2. The number of anilines is 1. The largest absolute Gasteiger partial charge is 0.392 e. The van der Waals surface area contributed by atoms with Crippen molar-refractivity contribution < 1.29 is 5.11 Å². The van der Waals surface area contributed by atoms with E-state index in [0.717, 1.165) is 24.3 Å². The molecule has 100 valence electrons. The Morgan fingerprint density at radius 2 is 2.11 bits per heavy atom. The minimum atomic E-state index is -0.00413. The number of aliphatic hydroxyl groups is 1. The molecule has 2 atom stereocenters. The summed E-state index contributed by atoms with van der Waals surface area (Å²) < 4.78 is 0. The van der Waals surface area contributed by atoms with Crippen molar-refractivity contribution in [1.29, 1.82) is 0 Å². The normalized spacial score (nSPS) is 24.0. The molecule has 0 amide bonds. The van der Waals surface area contributed by atoms with E-state index in [2.05, 4.69) is 30.8 Å². The third kappa shape index (κ3) is 2.63. The van der Waals surface area contributed by atoms with Crippen LogP contribution in [0.4, 0.5) is 5.69 Å². The highest BCUT2D eigenvalue weighted by Gasteiger charge is 2.31. The summed E-state index contributed by atoms with van der Waals surface area (Å²) in [5.74, 6) is 0.649. The van der Waals surface area contributed by atoms with Crippen LogP contribution in [0.25, 0.3) is 0 Å². The molecule has 2 unspecified atom stereocenters. The van der Waals surface area contributed by atoms with Crippen LogP contribution in [-0.2, 0) is 6.61 Å². The Morgan fingerprint density at radius 1 is 1.39 bits per heavy atom. The van der Waals surface area contributed by atoms with E-state index >= 15 is 0 Å². The fourth-order valence-electron chi connectivity index (χ4n) is 2.69. The van der Waals surface area contributed by atoms with Crippen LogP contribution in [-0.4, -0.2) is 43.2 Å². The number of likely N-dealkylation sites (N-methyl/N-ethyl adjacent to an activating group) is 1. The molecular formula is C14H21ClN2O. The second-order valence-corrected chi connectivity index (χ2v) is 5.75. The highest BCUT2D eigenvalue weighted by Crippen LogP contribution is 2.29. The Bertz CT molecular complexity index is 422. The van der Waals surface area contributed by atoms with Crippen molar-refractivity contribution in [1.82, 2.24) is 4.90 Å². The zero-order chi connectivity index (χ0) is 13.3. The Morgan fingerprint density at radius 3 is 2.61 bits per heavy atom. The number of rotatable bonds is 3. The maximum atomic E-state index is 9.13. The van der Waals surface area contributed by atoms with Gasteiger partial charge < -0.3 is 14.9 Å². The van der Waals surface area contributed by atoms with Crippen LogP contribution in [0, 0.1) is 5.92 Å². The topological polar surface area (TPSA) is 26.7 Å². The van der Waals surface area contributed by atoms with Gasteiger partial charge in [-0.05, 0) is 37.7 Å². The van der Waals surface area contributed by atoms with Gasteiger partial charge in [0.2, 0.25) is 0 Å². The van der Waals surface area contributed by atoms with Crippen LogP contribution in [0.15, 0.2) is 18.2 Å². The molecule has 1 aliphatic rings. The molecule has 1 N–H and O–H groups in total. The highest BCUT2D eigenvalue weighted by atomic mass is 35.5. The SMILES string of the molecule is CC1CN(c2ccc(CO)c(Cl)c2)CC1N(C)C. The number of nitrogens with zero attached hydrogens (tertiary/aromatic N) is 2. The summed E-state index contributed by atoms with van der Waals surface area (Å²) in [5, 5.41) is 9.78. The van der Waals surface area contributed by atoms with Gasteiger partial charge in [0.05, 0.1) is 6.61 Å². The van der Waals surface area contributed by atoms with Gasteiger partial charge in [0.25, 0.3) is 0 Å². The van der Waals surface area contributed by atoms with E-state index in [1.807, 2.05) is 18.2 Å². The van der Waals surface area contributed by atoms with Crippen molar-refractivity contribution in [3.8, 4) is 0 Å². The van der Waals surface area contributed by atoms with E-state index in [9.17, 15) is 0 Å².